The molecule has 202 valence electrons. The van der Waals surface area contributed by atoms with E-state index in [4.69, 9.17) is 0 Å². The number of imidazole rings is 1. The van der Waals surface area contributed by atoms with Crippen molar-refractivity contribution >= 4 is 11.7 Å². The number of nitrogens with zero attached hydrogens (tertiary/aromatic N) is 3. The van der Waals surface area contributed by atoms with Crippen LogP contribution in [0.1, 0.15) is 79.4 Å². The van der Waals surface area contributed by atoms with Gasteiger partial charge in [-0.1, -0.05) is 26.2 Å². The van der Waals surface area contributed by atoms with Crippen molar-refractivity contribution < 1.29 is 35.9 Å². The Balaban J connectivity index is 1.54. The zero-order valence-electron chi connectivity index (χ0n) is 20.5. The van der Waals surface area contributed by atoms with E-state index in [0.717, 1.165) is 23.5 Å². The van der Waals surface area contributed by atoms with E-state index >= 15 is 0 Å². The third-order valence-electron chi connectivity index (χ3n) is 7.33. The molecule has 2 aliphatic rings. The molecular weight excluding hydrogens is 500 g/mol. The van der Waals surface area contributed by atoms with Crippen LogP contribution in [0, 0.1) is 29.3 Å². The molecule has 2 heterocycles. The Morgan fingerprint density at radius 1 is 1.05 bits per heavy atom. The van der Waals surface area contributed by atoms with Gasteiger partial charge in [-0.15, -0.1) is 0 Å². The van der Waals surface area contributed by atoms with Gasteiger partial charge in [0.1, 0.15) is 11.5 Å². The van der Waals surface area contributed by atoms with E-state index in [-0.39, 0.29) is 67.2 Å². The van der Waals surface area contributed by atoms with Gasteiger partial charge in [0.2, 0.25) is 11.7 Å². The highest BCUT2D eigenvalue weighted by atomic mass is 19.4. The van der Waals surface area contributed by atoms with Gasteiger partial charge in [0.05, 0.1) is 12.2 Å². The maximum atomic E-state index is 14.2. The summed E-state index contributed by atoms with van der Waals surface area (Å²) in [5, 5.41) is 0. The second-order valence-corrected chi connectivity index (χ2v) is 9.96. The zero-order valence-corrected chi connectivity index (χ0v) is 20.5. The third kappa shape index (κ3) is 5.85. The molecular formula is C26H29F6N3O2. The van der Waals surface area contributed by atoms with Gasteiger partial charge >= 0.3 is 6.18 Å². The molecule has 0 spiro atoms. The summed E-state index contributed by atoms with van der Waals surface area (Å²) >= 11 is 0. The minimum absolute atomic E-state index is 0.000709. The number of carbonyl (C=O) groups excluding carboxylic acids is 2. The van der Waals surface area contributed by atoms with Gasteiger partial charge in [-0.3, -0.25) is 9.59 Å². The number of rotatable bonds is 8. The van der Waals surface area contributed by atoms with Gasteiger partial charge in [0.25, 0.3) is 0 Å². The van der Waals surface area contributed by atoms with Crippen molar-refractivity contribution in [3.63, 3.8) is 0 Å². The minimum atomic E-state index is -4.74. The number of carbonyl (C=O) groups is 2. The largest absolute Gasteiger partial charge is 0.449 e. The number of fused-ring (bicyclic) bond motifs is 1. The first-order valence-corrected chi connectivity index (χ1v) is 12.6. The summed E-state index contributed by atoms with van der Waals surface area (Å²) in [5.41, 5.74) is -0.172. The number of Topliss-reactive ketones (excluding diaryl/α,β-unsaturated/α-hetero) is 1. The van der Waals surface area contributed by atoms with Gasteiger partial charge in [-0.25, -0.2) is 18.2 Å². The SMILES string of the molecule is CCC[C@@H](CC(=O)N1CCn2c(C(F)(F)F)nc(C(=O)C3CCCC3)c2C1)Cc1cc(F)c(F)cc1F. The van der Waals surface area contributed by atoms with Crippen molar-refractivity contribution in [2.75, 3.05) is 6.54 Å². The summed E-state index contributed by atoms with van der Waals surface area (Å²) in [6.45, 7) is 1.53. The summed E-state index contributed by atoms with van der Waals surface area (Å²) in [5.74, 6) is -6.03. The molecule has 2 aromatic rings. The van der Waals surface area contributed by atoms with E-state index < -0.39 is 35.2 Å². The summed E-state index contributed by atoms with van der Waals surface area (Å²) in [7, 11) is 0. The van der Waals surface area contributed by atoms with E-state index in [1.54, 1.807) is 0 Å². The van der Waals surface area contributed by atoms with Crippen LogP contribution in [0.15, 0.2) is 12.1 Å². The van der Waals surface area contributed by atoms with Crippen LogP contribution in [0.25, 0.3) is 0 Å². The van der Waals surface area contributed by atoms with Crippen LogP contribution < -0.4 is 0 Å². The molecule has 1 atom stereocenters. The molecule has 1 fully saturated rings. The van der Waals surface area contributed by atoms with Gasteiger partial charge in [0.15, 0.2) is 17.4 Å². The Bertz CT molecular complexity index is 1170. The lowest BCUT2D eigenvalue weighted by Gasteiger charge is -2.31. The van der Waals surface area contributed by atoms with Crippen molar-refractivity contribution in [3.8, 4) is 0 Å². The smallest absolute Gasteiger partial charge is 0.335 e. The highest BCUT2D eigenvalue weighted by molar-refractivity contribution is 5.97. The Kier molecular flexibility index (Phi) is 7.99. The molecule has 0 radical (unpaired) electrons. The molecule has 5 nitrogen and oxygen atoms in total. The number of benzene rings is 1. The van der Waals surface area contributed by atoms with Crippen LogP contribution in [0.5, 0.6) is 0 Å². The average Bonchev–Trinajstić information content (AvgIpc) is 3.50. The first-order chi connectivity index (χ1) is 17.5. The van der Waals surface area contributed by atoms with Crippen molar-refractivity contribution in [2.45, 2.75) is 77.6 Å². The number of aromatic nitrogens is 2. The average molecular weight is 530 g/mol. The molecule has 1 amide bonds. The van der Waals surface area contributed by atoms with E-state index in [1.165, 1.54) is 4.90 Å². The Labute approximate surface area is 210 Å². The second kappa shape index (κ2) is 10.9. The summed E-state index contributed by atoms with van der Waals surface area (Å²) in [6.07, 6.45) is -0.721. The predicted molar refractivity (Wildman–Crippen MR) is 122 cm³/mol. The van der Waals surface area contributed by atoms with Crippen molar-refractivity contribution in [3.05, 3.63) is 52.4 Å². The van der Waals surface area contributed by atoms with Crippen LogP contribution in [0.2, 0.25) is 0 Å². The Morgan fingerprint density at radius 2 is 1.73 bits per heavy atom. The molecule has 0 bridgehead atoms. The lowest BCUT2D eigenvalue weighted by molar-refractivity contribution is -0.148. The van der Waals surface area contributed by atoms with Crippen LogP contribution in [-0.2, 0) is 30.5 Å². The molecule has 11 heteroatoms. The molecule has 37 heavy (non-hydrogen) atoms. The Hall–Kier alpha value is -2.85. The van der Waals surface area contributed by atoms with Crippen LogP contribution >= 0.6 is 0 Å². The van der Waals surface area contributed by atoms with E-state index in [1.807, 2.05) is 6.92 Å². The third-order valence-corrected chi connectivity index (χ3v) is 7.33. The van der Waals surface area contributed by atoms with Crippen LogP contribution in [0.4, 0.5) is 26.3 Å². The maximum Gasteiger partial charge on any atom is 0.449 e. The first kappa shape index (κ1) is 27.2. The number of hydrogen-bond donors (Lipinski definition) is 0. The molecule has 4 rings (SSSR count). The molecule has 1 aromatic carbocycles. The number of halogens is 6. The predicted octanol–water partition coefficient (Wildman–Crippen LogP) is 6.08. The van der Waals surface area contributed by atoms with Crippen LogP contribution in [-0.4, -0.2) is 32.7 Å². The second-order valence-electron chi connectivity index (χ2n) is 9.96. The lowest BCUT2D eigenvalue weighted by atomic mass is 9.91. The molecule has 0 N–H and O–H groups in total. The van der Waals surface area contributed by atoms with E-state index in [9.17, 15) is 35.9 Å². The molecule has 1 saturated carbocycles. The number of alkyl halides is 3. The highest BCUT2D eigenvalue weighted by Gasteiger charge is 2.42. The van der Waals surface area contributed by atoms with Gasteiger partial charge < -0.3 is 9.47 Å². The van der Waals surface area contributed by atoms with Crippen molar-refractivity contribution in [1.82, 2.24) is 14.5 Å². The summed E-state index contributed by atoms with van der Waals surface area (Å²) < 4.78 is 83.2. The van der Waals surface area contributed by atoms with Gasteiger partial charge in [-0.2, -0.15) is 13.2 Å². The molecule has 0 unspecified atom stereocenters. The quantitative estimate of drug-likeness (QED) is 0.237. The number of amides is 1. The molecule has 1 aliphatic carbocycles. The van der Waals surface area contributed by atoms with E-state index in [2.05, 4.69) is 4.98 Å². The minimum Gasteiger partial charge on any atom is -0.335 e. The van der Waals surface area contributed by atoms with Gasteiger partial charge in [-0.05, 0) is 43.2 Å². The fourth-order valence-corrected chi connectivity index (χ4v) is 5.47. The Morgan fingerprint density at radius 3 is 2.38 bits per heavy atom. The number of hydrogen-bond acceptors (Lipinski definition) is 3. The lowest BCUT2D eigenvalue weighted by Crippen LogP contribution is -2.40. The van der Waals surface area contributed by atoms with Crippen molar-refractivity contribution in [2.24, 2.45) is 11.8 Å². The molecule has 1 aliphatic heterocycles. The summed E-state index contributed by atoms with van der Waals surface area (Å²) in [4.78, 5) is 31.3. The van der Waals surface area contributed by atoms with Crippen LogP contribution in [0.3, 0.4) is 0 Å². The zero-order chi connectivity index (χ0) is 26.9. The number of ketones is 1. The van der Waals surface area contributed by atoms with Gasteiger partial charge in [0, 0.05) is 31.5 Å². The standard InChI is InChI=1S/C26H29F6N3O2/c1-2-5-15(10-17-12-19(28)20(29)13-18(17)27)11-22(36)34-8-9-35-21(14-34)23(33-25(35)26(30,31)32)24(37)16-6-3-4-7-16/h12-13,15-16H,2-11,14H2,1H3/t15-/m1/s1. The first-order valence-electron chi connectivity index (χ1n) is 12.6. The molecule has 0 saturated heterocycles. The van der Waals surface area contributed by atoms with Crippen molar-refractivity contribution in [1.29, 1.82) is 0 Å². The summed E-state index contributed by atoms with van der Waals surface area (Å²) in [6, 6.07) is 1.26. The van der Waals surface area contributed by atoms with E-state index in [0.29, 0.717) is 31.7 Å². The fourth-order valence-electron chi connectivity index (χ4n) is 5.47. The highest BCUT2D eigenvalue weighted by Crippen LogP contribution is 2.35. The fraction of sp³-hybridized carbons (Fsp3) is 0.577. The molecule has 1 aromatic heterocycles. The maximum absolute atomic E-state index is 14.2. The monoisotopic (exact) mass is 529 g/mol. The topological polar surface area (TPSA) is 55.2 Å². The normalized spacial score (nSPS) is 17.2.